The molecule has 0 saturated carbocycles. The molecule has 0 fully saturated rings. The fourth-order valence-electron chi connectivity index (χ4n) is 1.60. The molecule has 0 aliphatic rings. The molecule has 0 unspecified atom stereocenters. The number of carbonyl (C=O) groups excluding carboxylic acids is 1. The first-order valence-corrected chi connectivity index (χ1v) is 8.77. The number of nitrogens with one attached hydrogen (secondary N) is 1. The molecule has 6 nitrogen and oxygen atoms in total. The quantitative estimate of drug-likeness (QED) is 0.581. The topological polar surface area (TPSA) is 73.9 Å². The highest BCUT2D eigenvalue weighted by Crippen LogP contribution is 2.45. The maximum absolute atomic E-state index is 12.8. The average Bonchev–Trinajstić information content (AvgIpc) is 2.37. The number of hydrogen-bond acceptors (Lipinski definition) is 5. The van der Waals surface area contributed by atoms with Crippen LogP contribution in [0.2, 0.25) is 0 Å². The zero-order valence-corrected chi connectivity index (χ0v) is 14.5. The van der Waals surface area contributed by atoms with Gasteiger partial charge in [0.15, 0.2) is 0 Å². The highest BCUT2D eigenvalue weighted by molar-refractivity contribution is 7.52. The van der Waals surface area contributed by atoms with Crippen LogP contribution in [0.4, 0.5) is 0 Å². The van der Waals surface area contributed by atoms with Gasteiger partial charge in [0.2, 0.25) is 0 Å². The summed E-state index contributed by atoms with van der Waals surface area (Å²) in [6, 6.07) is 7.83. The third-order valence-electron chi connectivity index (χ3n) is 2.38. The molecule has 1 aromatic carbocycles. The molecule has 22 heavy (non-hydrogen) atoms. The highest BCUT2D eigenvalue weighted by atomic mass is 31.2. The SMILES string of the molecule is CC(C)OC(=O)[C@H](C)N[P@@](=O)(Oc1ccccc1)OC(C)C. The monoisotopic (exact) mass is 329 g/mol. The van der Waals surface area contributed by atoms with Crippen molar-refractivity contribution in [2.24, 2.45) is 0 Å². The van der Waals surface area contributed by atoms with Crippen LogP contribution in [0.1, 0.15) is 34.6 Å². The number of rotatable bonds is 8. The van der Waals surface area contributed by atoms with Crippen molar-refractivity contribution in [3.63, 3.8) is 0 Å². The summed E-state index contributed by atoms with van der Waals surface area (Å²) in [5, 5.41) is 2.61. The van der Waals surface area contributed by atoms with E-state index in [-0.39, 0.29) is 12.2 Å². The normalized spacial score (nSPS) is 15.4. The Labute approximate surface area is 131 Å². The second kappa shape index (κ2) is 8.32. The fourth-order valence-corrected chi connectivity index (χ4v) is 3.29. The minimum Gasteiger partial charge on any atom is -0.462 e. The van der Waals surface area contributed by atoms with Gasteiger partial charge in [-0.2, -0.15) is 5.09 Å². The zero-order valence-electron chi connectivity index (χ0n) is 13.6. The lowest BCUT2D eigenvalue weighted by Crippen LogP contribution is -2.36. The fraction of sp³-hybridized carbons (Fsp3) is 0.533. The van der Waals surface area contributed by atoms with E-state index in [4.69, 9.17) is 13.8 Å². The molecule has 1 rings (SSSR count). The van der Waals surface area contributed by atoms with Crippen molar-refractivity contribution in [3.05, 3.63) is 30.3 Å². The summed E-state index contributed by atoms with van der Waals surface area (Å²) in [6.07, 6.45) is -0.590. The van der Waals surface area contributed by atoms with Crippen LogP contribution < -0.4 is 9.61 Å². The van der Waals surface area contributed by atoms with Gasteiger partial charge >= 0.3 is 13.7 Å². The Kier molecular flexibility index (Phi) is 7.07. The van der Waals surface area contributed by atoms with E-state index in [0.717, 1.165) is 0 Å². The Morgan fingerprint density at radius 2 is 1.64 bits per heavy atom. The number of esters is 1. The van der Waals surface area contributed by atoms with Crippen molar-refractivity contribution in [1.29, 1.82) is 0 Å². The van der Waals surface area contributed by atoms with E-state index >= 15 is 0 Å². The molecule has 124 valence electrons. The van der Waals surface area contributed by atoms with Crippen molar-refractivity contribution in [2.45, 2.75) is 52.9 Å². The Morgan fingerprint density at radius 3 is 2.14 bits per heavy atom. The molecule has 0 saturated heterocycles. The number of benzene rings is 1. The van der Waals surface area contributed by atoms with E-state index in [1.807, 2.05) is 6.07 Å². The molecular formula is C15H24NO5P. The largest absolute Gasteiger partial charge is 0.462 e. The van der Waals surface area contributed by atoms with Gasteiger partial charge in [0.1, 0.15) is 11.8 Å². The van der Waals surface area contributed by atoms with Crippen LogP contribution in [0.15, 0.2) is 30.3 Å². The van der Waals surface area contributed by atoms with Gasteiger partial charge in [-0.1, -0.05) is 18.2 Å². The molecule has 0 heterocycles. The molecule has 7 heteroatoms. The predicted octanol–water partition coefficient (Wildman–Crippen LogP) is 3.53. The predicted molar refractivity (Wildman–Crippen MR) is 84.7 cm³/mol. The van der Waals surface area contributed by atoms with Gasteiger partial charge < -0.3 is 9.26 Å². The maximum Gasteiger partial charge on any atom is 0.459 e. The summed E-state index contributed by atoms with van der Waals surface area (Å²) >= 11 is 0. The van der Waals surface area contributed by atoms with Crippen molar-refractivity contribution < 1.29 is 23.1 Å². The third-order valence-corrected chi connectivity index (χ3v) is 4.23. The summed E-state index contributed by atoms with van der Waals surface area (Å²) in [5.74, 6) is -0.123. The number of ether oxygens (including phenoxy) is 1. The van der Waals surface area contributed by atoms with Crippen LogP contribution in [0.25, 0.3) is 0 Å². The molecular weight excluding hydrogens is 305 g/mol. The highest BCUT2D eigenvalue weighted by Gasteiger charge is 2.33. The summed E-state index contributed by atoms with van der Waals surface area (Å²) < 4.78 is 28.7. The first-order chi connectivity index (χ1) is 10.2. The van der Waals surface area contributed by atoms with Crippen molar-refractivity contribution >= 4 is 13.7 Å². The second-order valence-electron chi connectivity index (χ2n) is 5.39. The van der Waals surface area contributed by atoms with Gasteiger partial charge in [0.25, 0.3) is 0 Å². The van der Waals surface area contributed by atoms with Crippen LogP contribution >= 0.6 is 7.75 Å². The van der Waals surface area contributed by atoms with Crippen LogP contribution in [-0.2, 0) is 18.6 Å². The van der Waals surface area contributed by atoms with E-state index in [9.17, 15) is 9.36 Å². The lowest BCUT2D eigenvalue weighted by molar-refractivity contribution is -0.149. The lowest BCUT2D eigenvalue weighted by Gasteiger charge is -2.24. The van der Waals surface area contributed by atoms with Crippen molar-refractivity contribution in [1.82, 2.24) is 5.09 Å². The maximum atomic E-state index is 12.8. The third kappa shape index (κ3) is 6.60. The van der Waals surface area contributed by atoms with Gasteiger partial charge in [-0.15, -0.1) is 0 Å². The Hall–Kier alpha value is -1.36. The first kappa shape index (κ1) is 18.7. The van der Waals surface area contributed by atoms with Gasteiger partial charge in [0.05, 0.1) is 12.2 Å². The lowest BCUT2D eigenvalue weighted by atomic mass is 10.3. The van der Waals surface area contributed by atoms with E-state index in [1.54, 1.807) is 58.9 Å². The summed E-state index contributed by atoms with van der Waals surface area (Å²) in [7, 11) is -3.70. The number of hydrogen-bond donors (Lipinski definition) is 1. The molecule has 1 N–H and O–H groups in total. The van der Waals surface area contributed by atoms with Gasteiger partial charge in [-0.25, -0.2) is 4.57 Å². The molecule has 0 amide bonds. The molecule has 0 aliphatic carbocycles. The minimum absolute atomic E-state index is 0.253. The van der Waals surface area contributed by atoms with Crippen LogP contribution in [-0.4, -0.2) is 24.2 Å². The van der Waals surface area contributed by atoms with E-state index in [0.29, 0.717) is 5.75 Å². The molecule has 0 radical (unpaired) electrons. The minimum atomic E-state index is -3.70. The van der Waals surface area contributed by atoms with Crippen molar-refractivity contribution in [2.75, 3.05) is 0 Å². The van der Waals surface area contributed by atoms with Crippen LogP contribution in [0, 0.1) is 0 Å². The van der Waals surface area contributed by atoms with Crippen LogP contribution in [0.3, 0.4) is 0 Å². The Bertz CT molecular complexity index is 518. The van der Waals surface area contributed by atoms with E-state index < -0.39 is 19.8 Å². The molecule has 0 bridgehead atoms. The van der Waals surface area contributed by atoms with Crippen LogP contribution in [0.5, 0.6) is 5.75 Å². The first-order valence-electron chi connectivity index (χ1n) is 7.23. The Morgan fingerprint density at radius 1 is 1.05 bits per heavy atom. The van der Waals surface area contributed by atoms with E-state index in [1.165, 1.54) is 0 Å². The molecule has 0 aliphatic heterocycles. The second-order valence-corrected chi connectivity index (χ2v) is 7.04. The molecule has 0 aromatic heterocycles. The summed E-state index contributed by atoms with van der Waals surface area (Å²) in [6.45, 7) is 8.51. The smallest absolute Gasteiger partial charge is 0.459 e. The van der Waals surface area contributed by atoms with E-state index in [2.05, 4.69) is 5.09 Å². The molecule has 1 aromatic rings. The Balaban J connectivity index is 2.83. The molecule has 0 spiro atoms. The molecule has 2 atom stereocenters. The average molecular weight is 329 g/mol. The van der Waals surface area contributed by atoms with Gasteiger partial charge in [-0.3, -0.25) is 9.32 Å². The zero-order chi connectivity index (χ0) is 16.8. The van der Waals surface area contributed by atoms with Gasteiger partial charge in [0, 0.05) is 0 Å². The van der Waals surface area contributed by atoms with Gasteiger partial charge in [-0.05, 0) is 46.8 Å². The number of para-hydroxylation sites is 1. The summed E-state index contributed by atoms with van der Waals surface area (Å²) in [5.41, 5.74) is 0. The number of carbonyl (C=O) groups is 1. The standard InChI is InChI=1S/C15H24NO5P/c1-11(2)19-15(17)13(5)16-22(18,20-12(3)4)21-14-9-7-6-8-10-14/h6-13H,1-5H3,(H,16,18)/t13-,22-/m0/s1. The van der Waals surface area contributed by atoms with Crippen molar-refractivity contribution in [3.8, 4) is 5.75 Å². The summed E-state index contributed by atoms with van der Waals surface area (Å²) in [4.78, 5) is 11.9.